The van der Waals surface area contributed by atoms with Crippen molar-refractivity contribution in [2.45, 2.75) is 33.4 Å². The van der Waals surface area contributed by atoms with Gasteiger partial charge in [-0.1, -0.05) is 41.9 Å². The molecule has 1 aromatic heterocycles. The normalized spacial score (nSPS) is 10.9. The Balaban J connectivity index is 2.18. The van der Waals surface area contributed by atoms with Crippen molar-refractivity contribution < 1.29 is 0 Å². The van der Waals surface area contributed by atoms with E-state index in [0.717, 1.165) is 30.5 Å². The monoisotopic (exact) mass is 321 g/mol. The van der Waals surface area contributed by atoms with Crippen LogP contribution in [0.25, 0.3) is 0 Å². The quantitative estimate of drug-likeness (QED) is 0.884. The summed E-state index contributed by atoms with van der Waals surface area (Å²) in [6.45, 7) is 7.02. The smallest absolute Gasteiger partial charge is 0.0663 e. The van der Waals surface area contributed by atoms with Crippen LogP contribution in [0.1, 0.15) is 30.7 Å². The first-order valence-corrected chi connectivity index (χ1v) is 7.52. The van der Waals surface area contributed by atoms with Gasteiger partial charge in [0.2, 0.25) is 0 Å². The predicted octanol–water partition coefficient (Wildman–Crippen LogP) is 3.37. The zero-order chi connectivity index (χ0) is 13.7. The summed E-state index contributed by atoms with van der Waals surface area (Å²) >= 11 is 3.51. The molecule has 0 bridgehead atoms. The Labute approximate surface area is 123 Å². The molecule has 1 N–H and O–H groups in total. The Morgan fingerprint density at radius 2 is 2.16 bits per heavy atom. The molecule has 0 fully saturated rings. The molecule has 1 heterocycles. The van der Waals surface area contributed by atoms with Gasteiger partial charge in [0.15, 0.2) is 0 Å². The molecule has 102 valence electrons. The van der Waals surface area contributed by atoms with Crippen molar-refractivity contribution in [3.63, 3.8) is 0 Å². The average Bonchev–Trinajstić information content (AvgIpc) is 2.78. The molecule has 0 saturated carbocycles. The maximum absolute atomic E-state index is 4.53. The third-order valence-corrected chi connectivity index (χ3v) is 3.65. The number of hydrogen-bond acceptors (Lipinski definition) is 2. The van der Waals surface area contributed by atoms with Crippen molar-refractivity contribution >= 4 is 15.9 Å². The first-order valence-electron chi connectivity index (χ1n) is 6.73. The number of nitrogens with zero attached hydrogens (tertiary/aromatic N) is 2. The molecular formula is C15H20BrN3. The molecule has 0 aliphatic heterocycles. The van der Waals surface area contributed by atoms with Crippen molar-refractivity contribution in [2.24, 2.45) is 0 Å². The number of nitrogens with one attached hydrogen (secondary N) is 1. The number of aromatic nitrogens is 2. The van der Waals surface area contributed by atoms with Gasteiger partial charge in [0.25, 0.3) is 0 Å². The minimum absolute atomic E-state index is 0.828. The Bertz CT molecular complexity index is 534. The fourth-order valence-corrected chi connectivity index (χ4v) is 2.66. The van der Waals surface area contributed by atoms with E-state index in [1.165, 1.54) is 16.8 Å². The molecule has 0 atom stereocenters. The molecule has 1 aromatic carbocycles. The fourth-order valence-electron chi connectivity index (χ4n) is 2.21. The summed E-state index contributed by atoms with van der Waals surface area (Å²) in [5, 5.41) is 7.89. The Morgan fingerprint density at radius 1 is 1.32 bits per heavy atom. The van der Waals surface area contributed by atoms with E-state index in [9.17, 15) is 0 Å². The lowest BCUT2D eigenvalue weighted by molar-refractivity contribution is 0.642. The third kappa shape index (κ3) is 3.67. The van der Waals surface area contributed by atoms with E-state index in [-0.39, 0.29) is 0 Å². The third-order valence-electron chi connectivity index (χ3n) is 3.16. The standard InChI is InChI=1S/C15H20BrN3/c1-3-15-13(9-17-4-2)10-18-19(15)11-12-6-5-7-14(16)8-12/h5-8,10,17H,3-4,9,11H2,1-2H3. The Hall–Kier alpha value is -1.13. The molecule has 0 aliphatic carbocycles. The topological polar surface area (TPSA) is 29.9 Å². The summed E-state index contributed by atoms with van der Waals surface area (Å²) in [6.07, 6.45) is 2.99. The van der Waals surface area contributed by atoms with Gasteiger partial charge in [-0.05, 0) is 30.7 Å². The van der Waals surface area contributed by atoms with Gasteiger partial charge in [0, 0.05) is 22.3 Å². The summed E-state index contributed by atoms with van der Waals surface area (Å²) in [5.41, 5.74) is 3.89. The van der Waals surface area contributed by atoms with Crippen molar-refractivity contribution in [3.8, 4) is 0 Å². The number of rotatable bonds is 6. The second-order valence-corrected chi connectivity index (χ2v) is 5.45. The van der Waals surface area contributed by atoms with E-state index < -0.39 is 0 Å². The summed E-state index contributed by atoms with van der Waals surface area (Å²) in [6, 6.07) is 8.39. The first-order chi connectivity index (χ1) is 9.24. The van der Waals surface area contributed by atoms with Gasteiger partial charge < -0.3 is 5.32 Å². The molecule has 3 nitrogen and oxygen atoms in total. The van der Waals surface area contributed by atoms with Crippen molar-refractivity contribution in [1.82, 2.24) is 15.1 Å². The summed E-state index contributed by atoms with van der Waals surface area (Å²) in [4.78, 5) is 0. The van der Waals surface area contributed by atoms with Crippen molar-refractivity contribution in [2.75, 3.05) is 6.54 Å². The van der Waals surface area contributed by atoms with Crippen LogP contribution in [0.2, 0.25) is 0 Å². The van der Waals surface area contributed by atoms with Gasteiger partial charge in [-0.25, -0.2) is 0 Å². The molecule has 19 heavy (non-hydrogen) atoms. The van der Waals surface area contributed by atoms with Crippen LogP contribution in [0, 0.1) is 0 Å². The summed E-state index contributed by atoms with van der Waals surface area (Å²) in [5.74, 6) is 0. The molecule has 0 aliphatic rings. The van der Waals surface area contributed by atoms with Gasteiger partial charge in [-0.15, -0.1) is 0 Å². The van der Waals surface area contributed by atoms with Crippen molar-refractivity contribution in [1.29, 1.82) is 0 Å². The molecule has 0 spiro atoms. The lowest BCUT2D eigenvalue weighted by atomic mass is 10.2. The van der Waals surface area contributed by atoms with Gasteiger partial charge in [0.1, 0.15) is 0 Å². The van der Waals surface area contributed by atoms with Crippen LogP contribution in [0.4, 0.5) is 0 Å². The van der Waals surface area contributed by atoms with Crippen LogP contribution in [0.15, 0.2) is 34.9 Å². The highest BCUT2D eigenvalue weighted by molar-refractivity contribution is 9.10. The number of halogens is 1. The Kier molecular flexibility index (Phi) is 5.16. The average molecular weight is 322 g/mol. The van der Waals surface area contributed by atoms with E-state index >= 15 is 0 Å². The fraction of sp³-hybridized carbons (Fsp3) is 0.400. The first kappa shape index (κ1) is 14.3. The molecule has 0 unspecified atom stereocenters. The van der Waals surface area contributed by atoms with Crippen LogP contribution in [0.5, 0.6) is 0 Å². The zero-order valence-corrected chi connectivity index (χ0v) is 13.1. The minimum atomic E-state index is 0.828. The van der Waals surface area contributed by atoms with Gasteiger partial charge in [0.05, 0.1) is 12.7 Å². The molecule has 0 amide bonds. The van der Waals surface area contributed by atoms with E-state index in [1.54, 1.807) is 0 Å². The molecule has 2 rings (SSSR count). The van der Waals surface area contributed by atoms with Gasteiger partial charge >= 0.3 is 0 Å². The summed E-state index contributed by atoms with van der Waals surface area (Å²) < 4.78 is 3.22. The lowest BCUT2D eigenvalue weighted by Gasteiger charge is -2.09. The molecule has 4 heteroatoms. The highest BCUT2D eigenvalue weighted by Gasteiger charge is 2.09. The maximum atomic E-state index is 4.53. The second kappa shape index (κ2) is 6.87. The largest absolute Gasteiger partial charge is 0.313 e. The minimum Gasteiger partial charge on any atom is -0.313 e. The van der Waals surface area contributed by atoms with Crippen LogP contribution >= 0.6 is 15.9 Å². The maximum Gasteiger partial charge on any atom is 0.0663 e. The molecule has 2 aromatic rings. The van der Waals surface area contributed by atoms with Crippen LogP contribution in [-0.2, 0) is 19.5 Å². The van der Waals surface area contributed by atoms with E-state index in [2.05, 4.69) is 63.1 Å². The SMILES string of the molecule is CCNCc1cnn(Cc2cccc(Br)c2)c1CC. The lowest BCUT2D eigenvalue weighted by Crippen LogP contribution is -2.13. The zero-order valence-electron chi connectivity index (χ0n) is 11.5. The predicted molar refractivity (Wildman–Crippen MR) is 82.2 cm³/mol. The van der Waals surface area contributed by atoms with E-state index in [4.69, 9.17) is 0 Å². The van der Waals surface area contributed by atoms with Gasteiger partial charge in [-0.3, -0.25) is 4.68 Å². The summed E-state index contributed by atoms with van der Waals surface area (Å²) in [7, 11) is 0. The number of hydrogen-bond donors (Lipinski definition) is 1. The molecule has 0 saturated heterocycles. The van der Waals surface area contributed by atoms with Crippen LogP contribution in [0.3, 0.4) is 0 Å². The molecular weight excluding hydrogens is 302 g/mol. The van der Waals surface area contributed by atoms with E-state index in [1.807, 2.05) is 12.3 Å². The Morgan fingerprint density at radius 3 is 2.84 bits per heavy atom. The van der Waals surface area contributed by atoms with Gasteiger partial charge in [-0.2, -0.15) is 5.10 Å². The van der Waals surface area contributed by atoms with E-state index in [0.29, 0.717) is 0 Å². The van der Waals surface area contributed by atoms with Crippen molar-refractivity contribution in [3.05, 3.63) is 51.8 Å². The number of benzene rings is 1. The highest BCUT2D eigenvalue weighted by atomic mass is 79.9. The molecule has 0 radical (unpaired) electrons. The highest BCUT2D eigenvalue weighted by Crippen LogP contribution is 2.15. The second-order valence-electron chi connectivity index (χ2n) is 4.54. The van der Waals surface area contributed by atoms with Crippen LogP contribution in [-0.4, -0.2) is 16.3 Å². The van der Waals surface area contributed by atoms with Crippen LogP contribution < -0.4 is 5.32 Å².